The Bertz CT molecular complexity index is 911. The molecule has 134 valence electrons. The zero-order valence-corrected chi connectivity index (χ0v) is 14.9. The number of amides is 1. The first-order valence-corrected chi connectivity index (χ1v) is 9.17. The minimum absolute atomic E-state index is 0.0386. The van der Waals surface area contributed by atoms with Gasteiger partial charge in [-0.3, -0.25) is 9.48 Å². The Morgan fingerprint density at radius 3 is 2.77 bits per heavy atom. The van der Waals surface area contributed by atoms with Crippen LogP contribution in [0.3, 0.4) is 0 Å². The van der Waals surface area contributed by atoms with Crippen LogP contribution in [0.25, 0.3) is 10.9 Å². The first kappa shape index (κ1) is 16.6. The maximum Gasteiger partial charge on any atom is 0.227 e. The highest BCUT2D eigenvalue weighted by atomic mass is 16.1. The number of pyridine rings is 1. The Morgan fingerprint density at radius 2 is 2.00 bits per heavy atom. The second kappa shape index (κ2) is 7.15. The maximum atomic E-state index is 12.5. The van der Waals surface area contributed by atoms with Crippen LogP contribution in [0.2, 0.25) is 0 Å². The van der Waals surface area contributed by atoms with Gasteiger partial charge in [0.1, 0.15) is 5.82 Å². The molecule has 0 saturated carbocycles. The number of para-hydroxylation sites is 1. The SMILES string of the molecule is CCn1cc(NC(=O)C2CCN(c3ccc4ccccc4n3)CC2)cn1. The van der Waals surface area contributed by atoms with Gasteiger partial charge in [0.15, 0.2) is 0 Å². The highest BCUT2D eigenvalue weighted by Gasteiger charge is 2.26. The first-order chi connectivity index (χ1) is 12.7. The lowest BCUT2D eigenvalue weighted by atomic mass is 9.96. The summed E-state index contributed by atoms with van der Waals surface area (Å²) in [6.45, 7) is 4.51. The van der Waals surface area contributed by atoms with Crippen LogP contribution in [0.1, 0.15) is 19.8 Å². The van der Waals surface area contributed by atoms with E-state index in [2.05, 4.69) is 33.5 Å². The number of benzene rings is 1. The molecule has 3 heterocycles. The van der Waals surface area contributed by atoms with E-state index in [0.717, 1.165) is 54.9 Å². The summed E-state index contributed by atoms with van der Waals surface area (Å²) in [5.41, 5.74) is 1.79. The third kappa shape index (κ3) is 3.40. The second-order valence-corrected chi connectivity index (χ2v) is 6.70. The van der Waals surface area contributed by atoms with Crippen molar-refractivity contribution in [1.82, 2.24) is 14.8 Å². The zero-order valence-electron chi connectivity index (χ0n) is 14.9. The van der Waals surface area contributed by atoms with Crippen molar-refractivity contribution < 1.29 is 4.79 Å². The highest BCUT2D eigenvalue weighted by Crippen LogP contribution is 2.25. The van der Waals surface area contributed by atoms with Gasteiger partial charge in [-0.2, -0.15) is 5.10 Å². The molecule has 0 unspecified atom stereocenters. The molecule has 1 aromatic carbocycles. The van der Waals surface area contributed by atoms with Gasteiger partial charge >= 0.3 is 0 Å². The normalized spacial score (nSPS) is 15.3. The first-order valence-electron chi connectivity index (χ1n) is 9.17. The predicted octanol–water partition coefficient (Wildman–Crippen LogP) is 3.31. The van der Waals surface area contributed by atoms with Gasteiger partial charge in [-0.25, -0.2) is 4.98 Å². The number of nitrogens with one attached hydrogen (secondary N) is 1. The fourth-order valence-electron chi connectivity index (χ4n) is 3.45. The summed E-state index contributed by atoms with van der Waals surface area (Å²) in [4.78, 5) is 19.5. The summed E-state index contributed by atoms with van der Waals surface area (Å²) in [7, 11) is 0. The molecule has 0 bridgehead atoms. The number of nitrogens with zero attached hydrogens (tertiary/aromatic N) is 4. The summed E-state index contributed by atoms with van der Waals surface area (Å²) < 4.78 is 1.81. The van der Waals surface area contributed by atoms with Crippen LogP contribution in [-0.2, 0) is 11.3 Å². The van der Waals surface area contributed by atoms with Crippen molar-refractivity contribution in [3.8, 4) is 0 Å². The van der Waals surface area contributed by atoms with Crippen LogP contribution in [0, 0.1) is 5.92 Å². The van der Waals surface area contributed by atoms with Crippen LogP contribution in [0.5, 0.6) is 0 Å². The molecular formula is C20H23N5O. The molecule has 1 fully saturated rings. The molecule has 3 aromatic rings. The molecule has 1 amide bonds. The van der Waals surface area contributed by atoms with E-state index in [9.17, 15) is 4.79 Å². The van der Waals surface area contributed by atoms with Crippen LogP contribution in [0.4, 0.5) is 11.5 Å². The standard InChI is InChI=1S/C20H23N5O/c1-2-25-14-17(13-21-25)22-20(26)16-9-11-24(12-10-16)19-8-7-15-5-3-4-6-18(15)23-19/h3-8,13-14,16H,2,9-12H2,1H3,(H,22,26). The van der Waals surface area contributed by atoms with Crippen molar-refractivity contribution in [2.45, 2.75) is 26.3 Å². The fraction of sp³-hybridized carbons (Fsp3) is 0.350. The summed E-state index contributed by atoms with van der Waals surface area (Å²) in [5, 5.41) is 8.33. The number of aromatic nitrogens is 3. The van der Waals surface area contributed by atoms with Gasteiger partial charge in [0.2, 0.25) is 5.91 Å². The Hall–Kier alpha value is -2.89. The van der Waals surface area contributed by atoms with Gasteiger partial charge in [0.05, 0.1) is 17.4 Å². The number of hydrogen-bond donors (Lipinski definition) is 1. The van der Waals surface area contributed by atoms with Crippen molar-refractivity contribution in [2.75, 3.05) is 23.3 Å². The molecule has 0 aliphatic carbocycles. The molecule has 26 heavy (non-hydrogen) atoms. The Kier molecular flexibility index (Phi) is 4.56. The van der Waals surface area contributed by atoms with E-state index in [1.807, 2.05) is 36.0 Å². The minimum Gasteiger partial charge on any atom is -0.357 e. The molecule has 2 aromatic heterocycles. The topological polar surface area (TPSA) is 63.1 Å². The number of aryl methyl sites for hydroxylation is 1. The van der Waals surface area contributed by atoms with Crippen molar-refractivity contribution in [3.05, 3.63) is 48.8 Å². The Balaban J connectivity index is 1.37. The third-order valence-corrected chi connectivity index (χ3v) is 5.00. The highest BCUT2D eigenvalue weighted by molar-refractivity contribution is 5.92. The van der Waals surface area contributed by atoms with Crippen molar-refractivity contribution in [3.63, 3.8) is 0 Å². The van der Waals surface area contributed by atoms with Crippen LogP contribution >= 0.6 is 0 Å². The van der Waals surface area contributed by atoms with Gasteiger partial charge in [-0.1, -0.05) is 18.2 Å². The molecule has 4 rings (SSSR count). The average Bonchev–Trinajstić information content (AvgIpc) is 3.15. The van der Waals surface area contributed by atoms with Crippen molar-refractivity contribution in [2.24, 2.45) is 5.92 Å². The monoisotopic (exact) mass is 349 g/mol. The molecular weight excluding hydrogens is 326 g/mol. The molecule has 0 spiro atoms. The number of hydrogen-bond acceptors (Lipinski definition) is 4. The summed E-state index contributed by atoms with van der Waals surface area (Å²) >= 11 is 0. The maximum absolute atomic E-state index is 12.5. The van der Waals surface area contributed by atoms with E-state index < -0.39 is 0 Å². The summed E-state index contributed by atoms with van der Waals surface area (Å²) in [6, 6.07) is 12.3. The van der Waals surface area contributed by atoms with E-state index in [-0.39, 0.29) is 11.8 Å². The van der Waals surface area contributed by atoms with Crippen LogP contribution < -0.4 is 10.2 Å². The smallest absolute Gasteiger partial charge is 0.227 e. The molecule has 6 heteroatoms. The van der Waals surface area contributed by atoms with Gasteiger partial charge in [-0.15, -0.1) is 0 Å². The summed E-state index contributed by atoms with van der Waals surface area (Å²) in [6.07, 6.45) is 5.24. The van der Waals surface area contributed by atoms with E-state index in [1.165, 1.54) is 0 Å². The van der Waals surface area contributed by atoms with E-state index in [1.54, 1.807) is 6.20 Å². The second-order valence-electron chi connectivity index (χ2n) is 6.70. The van der Waals surface area contributed by atoms with Crippen LogP contribution in [0.15, 0.2) is 48.8 Å². The third-order valence-electron chi connectivity index (χ3n) is 5.00. The molecule has 1 N–H and O–H groups in total. The van der Waals surface area contributed by atoms with Crippen molar-refractivity contribution >= 4 is 28.3 Å². The number of piperidine rings is 1. The number of carbonyl (C=O) groups is 1. The lowest BCUT2D eigenvalue weighted by Crippen LogP contribution is -2.38. The predicted molar refractivity (Wildman–Crippen MR) is 103 cm³/mol. The quantitative estimate of drug-likeness (QED) is 0.785. The molecule has 1 saturated heterocycles. The van der Waals surface area contributed by atoms with Gasteiger partial charge in [0, 0.05) is 37.1 Å². The van der Waals surface area contributed by atoms with E-state index in [4.69, 9.17) is 4.98 Å². The Labute approximate surface area is 152 Å². The molecule has 0 atom stereocenters. The number of carbonyl (C=O) groups excluding carboxylic acids is 1. The molecule has 0 radical (unpaired) electrons. The minimum atomic E-state index is 0.0386. The zero-order chi connectivity index (χ0) is 17.9. The lowest BCUT2D eigenvalue weighted by molar-refractivity contribution is -0.120. The number of anilines is 2. The fourth-order valence-corrected chi connectivity index (χ4v) is 3.45. The van der Waals surface area contributed by atoms with Gasteiger partial charge in [-0.05, 0) is 38.0 Å². The average molecular weight is 349 g/mol. The Morgan fingerprint density at radius 1 is 1.19 bits per heavy atom. The molecule has 6 nitrogen and oxygen atoms in total. The van der Waals surface area contributed by atoms with E-state index in [0.29, 0.717) is 0 Å². The van der Waals surface area contributed by atoms with Crippen LogP contribution in [-0.4, -0.2) is 33.8 Å². The van der Waals surface area contributed by atoms with E-state index >= 15 is 0 Å². The summed E-state index contributed by atoms with van der Waals surface area (Å²) in [5.74, 6) is 1.12. The number of rotatable bonds is 4. The van der Waals surface area contributed by atoms with Gasteiger partial charge in [0.25, 0.3) is 0 Å². The molecule has 1 aliphatic rings. The molecule has 1 aliphatic heterocycles. The van der Waals surface area contributed by atoms with Gasteiger partial charge < -0.3 is 10.2 Å². The number of fused-ring (bicyclic) bond motifs is 1. The lowest BCUT2D eigenvalue weighted by Gasteiger charge is -2.32. The van der Waals surface area contributed by atoms with Crippen molar-refractivity contribution in [1.29, 1.82) is 0 Å². The largest absolute Gasteiger partial charge is 0.357 e.